The summed E-state index contributed by atoms with van der Waals surface area (Å²) in [5.74, 6) is -2.28. The predicted molar refractivity (Wildman–Crippen MR) is 164 cm³/mol. The number of guanidine groups is 1. The van der Waals surface area contributed by atoms with Crippen molar-refractivity contribution >= 4 is 29.6 Å². The minimum absolute atomic E-state index is 0.0697. The number of allylic oxidation sites excluding steroid dienone is 3. The molecule has 42 heavy (non-hydrogen) atoms. The van der Waals surface area contributed by atoms with E-state index in [1.807, 2.05) is 55.5 Å². The van der Waals surface area contributed by atoms with E-state index in [1.54, 1.807) is 0 Å². The van der Waals surface area contributed by atoms with E-state index in [4.69, 9.17) is 22.9 Å². The van der Waals surface area contributed by atoms with Gasteiger partial charge < -0.3 is 38.9 Å². The third-order valence-electron chi connectivity index (χ3n) is 6.92. The average Bonchev–Trinajstić information content (AvgIpc) is 2.96. The lowest BCUT2D eigenvalue weighted by atomic mass is 9.96. The largest absolute Gasteiger partial charge is 0.370 e. The molecule has 0 heterocycles. The van der Waals surface area contributed by atoms with E-state index in [1.165, 1.54) is 0 Å². The summed E-state index contributed by atoms with van der Waals surface area (Å²) in [6, 6.07) is 5.68. The number of amides is 4. The van der Waals surface area contributed by atoms with E-state index in [0.717, 1.165) is 30.4 Å². The zero-order chi connectivity index (χ0) is 30.9. The Morgan fingerprint density at radius 3 is 2.12 bits per heavy atom. The van der Waals surface area contributed by atoms with Gasteiger partial charge in [-0.25, -0.2) is 0 Å². The van der Waals surface area contributed by atoms with Crippen LogP contribution in [0.5, 0.6) is 0 Å². The van der Waals surface area contributed by atoms with Gasteiger partial charge in [0.25, 0.3) is 0 Å². The van der Waals surface area contributed by atoms with Crippen molar-refractivity contribution in [3.05, 3.63) is 59.7 Å². The first-order valence-electron chi connectivity index (χ1n) is 14.5. The van der Waals surface area contributed by atoms with Gasteiger partial charge in [0.15, 0.2) is 5.96 Å². The highest BCUT2D eigenvalue weighted by molar-refractivity contribution is 5.94. The molecular weight excluding hydrogens is 536 g/mol. The molecule has 0 bridgehead atoms. The van der Waals surface area contributed by atoms with Crippen molar-refractivity contribution in [1.29, 1.82) is 0 Å². The van der Waals surface area contributed by atoms with Crippen molar-refractivity contribution in [3.8, 4) is 0 Å². The van der Waals surface area contributed by atoms with E-state index in [9.17, 15) is 19.2 Å². The number of carbonyl (C=O) groups excluding carboxylic acids is 4. The number of benzene rings is 1. The standard InChI is InChI=1S/C30H46N8O4/c1-2-3-15-24(28(41)36-23(26(32)39)16-10-17-35-30(33)34)37-29(42)25(19-21-13-8-5-9-14-21)38-27(40)22(31)18-20-11-6-4-7-12-20/h4-8,11-13,22-25H,2-3,9-10,14-19,31H2,1H3,(H2,32,39)(H,36,41)(H,37,42)(H,38,40)(H4,33,34,35)/t22-,23-,24-,25-/m1/s1. The van der Waals surface area contributed by atoms with Gasteiger partial charge >= 0.3 is 0 Å². The summed E-state index contributed by atoms with van der Waals surface area (Å²) < 4.78 is 0. The Balaban J connectivity index is 2.15. The first kappa shape index (κ1) is 34.0. The molecule has 4 amide bonds. The number of hydrogen-bond donors (Lipinski definition) is 7. The Morgan fingerprint density at radius 2 is 1.50 bits per heavy atom. The van der Waals surface area contributed by atoms with Gasteiger partial charge in [-0.2, -0.15) is 0 Å². The van der Waals surface area contributed by atoms with Crippen LogP contribution in [-0.2, 0) is 25.6 Å². The number of primary amides is 1. The second-order valence-electron chi connectivity index (χ2n) is 10.5. The first-order chi connectivity index (χ1) is 20.1. The third kappa shape index (κ3) is 12.5. The lowest BCUT2D eigenvalue weighted by molar-refractivity contribution is -0.133. The molecule has 11 N–H and O–H groups in total. The minimum atomic E-state index is -0.960. The average molecular weight is 583 g/mol. The molecule has 12 heteroatoms. The summed E-state index contributed by atoms with van der Waals surface area (Å²) in [4.78, 5) is 55.8. The van der Waals surface area contributed by atoms with E-state index in [-0.39, 0.29) is 25.3 Å². The van der Waals surface area contributed by atoms with Gasteiger partial charge in [0.2, 0.25) is 23.6 Å². The second-order valence-corrected chi connectivity index (χ2v) is 10.5. The monoisotopic (exact) mass is 582 g/mol. The third-order valence-corrected chi connectivity index (χ3v) is 6.92. The Morgan fingerprint density at radius 1 is 0.857 bits per heavy atom. The Labute approximate surface area is 247 Å². The maximum atomic E-state index is 13.6. The summed E-state index contributed by atoms with van der Waals surface area (Å²) in [7, 11) is 0. The Kier molecular flexibility index (Phi) is 14.8. The van der Waals surface area contributed by atoms with Gasteiger partial charge in [0.05, 0.1) is 6.04 Å². The second kappa shape index (κ2) is 18.3. The highest BCUT2D eigenvalue weighted by Crippen LogP contribution is 2.18. The molecule has 2 rings (SSSR count). The Bertz CT molecular complexity index is 1130. The summed E-state index contributed by atoms with van der Waals surface area (Å²) >= 11 is 0. The lowest BCUT2D eigenvalue weighted by Crippen LogP contribution is -2.57. The molecule has 0 aliphatic heterocycles. The number of nitrogens with zero attached hydrogens (tertiary/aromatic N) is 1. The van der Waals surface area contributed by atoms with Crippen LogP contribution >= 0.6 is 0 Å². The molecule has 0 aromatic heterocycles. The molecule has 0 radical (unpaired) electrons. The summed E-state index contributed by atoms with van der Waals surface area (Å²) in [6.45, 7) is 2.24. The van der Waals surface area contributed by atoms with Gasteiger partial charge in [-0.05, 0) is 50.5 Å². The van der Waals surface area contributed by atoms with Crippen LogP contribution in [0.2, 0.25) is 0 Å². The van der Waals surface area contributed by atoms with E-state index in [2.05, 4.69) is 20.9 Å². The predicted octanol–water partition coefficient (Wildman–Crippen LogP) is 0.406. The maximum Gasteiger partial charge on any atom is 0.243 e. The van der Waals surface area contributed by atoms with E-state index < -0.39 is 47.8 Å². The topological polar surface area (TPSA) is 221 Å². The summed E-state index contributed by atoms with van der Waals surface area (Å²) in [5.41, 5.74) is 24.3. The van der Waals surface area contributed by atoms with Crippen molar-refractivity contribution in [2.24, 2.45) is 27.9 Å². The maximum absolute atomic E-state index is 13.6. The summed E-state index contributed by atoms with van der Waals surface area (Å²) in [5, 5.41) is 8.27. The molecule has 12 nitrogen and oxygen atoms in total. The quantitative estimate of drug-likeness (QED) is 0.0733. The molecule has 0 saturated heterocycles. The first-order valence-corrected chi connectivity index (χ1v) is 14.5. The number of nitrogens with one attached hydrogen (secondary N) is 3. The van der Waals surface area contributed by atoms with Crippen LogP contribution in [0.15, 0.2) is 59.1 Å². The molecule has 230 valence electrons. The van der Waals surface area contributed by atoms with Crippen molar-refractivity contribution < 1.29 is 19.2 Å². The molecule has 1 aromatic carbocycles. The van der Waals surface area contributed by atoms with Gasteiger partial charge in [0, 0.05) is 6.54 Å². The number of nitrogens with two attached hydrogens (primary N) is 4. The van der Waals surface area contributed by atoms with Crippen LogP contribution in [0.1, 0.15) is 63.9 Å². The smallest absolute Gasteiger partial charge is 0.243 e. The van der Waals surface area contributed by atoms with E-state index in [0.29, 0.717) is 25.7 Å². The number of aliphatic imine (C=N–C) groups is 1. The number of carbonyl (C=O) groups is 4. The SMILES string of the molecule is CCCC[C@@H](NC(=O)[C@@H](CC1=CC=CCC1)NC(=O)[C@H](N)Cc1ccccc1)C(=O)N[C@H](CCCN=C(N)N)C(N)=O. The van der Waals surface area contributed by atoms with Crippen molar-refractivity contribution in [1.82, 2.24) is 16.0 Å². The lowest BCUT2D eigenvalue weighted by Gasteiger charge is -2.26. The summed E-state index contributed by atoms with van der Waals surface area (Å²) in [6.07, 6.45) is 10.5. The van der Waals surface area contributed by atoms with Gasteiger partial charge in [-0.3, -0.25) is 24.2 Å². The van der Waals surface area contributed by atoms with Crippen LogP contribution in [0.25, 0.3) is 0 Å². The highest BCUT2D eigenvalue weighted by Gasteiger charge is 2.30. The number of unbranched alkanes of at least 4 members (excludes halogenated alkanes) is 1. The molecule has 0 unspecified atom stereocenters. The molecule has 0 spiro atoms. The van der Waals surface area contributed by atoms with Crippen LogP contribution < -0.4 is 38.9 Å². The molecule has 1 aliphatic carbocycles. The fourth-order valence-electron chi connectivity index (χ4n) is 4.54. The molecule has 0 fully saturated rings. The molecule has 4 atom stereocenters. The number of rotatable bonds is 18. The van der Waals surface area contributed by atoms with Gasteiger partial charge in [-0.15, -0.1) is 0 Å². The molecular formula is C30H46N8O4. The van der Waals surface area contributed by atoms with Crippen molar-refractivity contribution in [2.75, 3.05) is 6.54 Å². The van der Waals surface area contributed by atoms with Crippen molar-refractivity contribution in [3.63, 3.8) is 0 Å². The number of hydrogen-bond acceptors (Lipinski definition) is 6. The zero-order valence-corrected chi connectivity index (χ0v) is 24.4. The van der Waals surface area contributed by atoms with Crippen molar-refractivity contribution in [2.45, 2.75) is 88.9 Å². The fraction of sp³-hybridized carbons (Fsp3) is 0.500. The fourth-order valence-corrected chi connectivity index (χ4v) is 4.54. The highest BCUT2D eigenvalue weighted by atomic mass is 16.2. The van der Waals surface area contributed by atoms with Gasteiger partial charge in [-0.1, -0.05) is 73.9 Å². The van der Waals surface area contributed by atoms with Crippen LogP contribution in [0, 0.1) is 0 Å². The normalized spacial score (nSPS) is 15.3. The van der Waals surface area contributed by atoms with Gasteiger partial charge in [0.1, 0.15) is 18.1 Å². The zero-order valence-electron chi connectivity index (χ0n) is 24.4. The van der Waals surface area contributed by atoms with Crippen LogP contribution in [-0.4, -0.2) is 60.3 Å². The Hall–Kier alpha value is -4.19. The molecule has 1 aliphatic rings. The minimum Gasteiger partial charge on any atom is -0.370 e. The van der Waals surface area contributed by atoms with Crippen LogP contribution in [0.4, 0.5) is 0 Å². The molecule has 1 aromatic rings. The van der Waals surface area contributed by atoms with E-state index >= 15 is 0 Å². The molecule has 0 saturated carbocycles. The van der Waals surface area contributed by atoms with Crippen LogP contribution in [0.3, 0.4) is 0 Å².